The predicted octanol–water partition coefficient (Wildman–Crippen LogP) is 0.707. The van der Waals surface area contributed by atoms with Crippen LogP contribution in [0, 0.1) is 0 Å². The van der Waals surface area contributed by atoms with Gasteiger partial charge in [0.2, 0.25) is 15.9 Å². The smallest absolute Gasteiger partial charge is 0.241 e. The second-order valence-electron chi connectivity index (χ2n) is 3.57. The largest absolute Gasteiger partial charge is 0.348 e. The van der Waals surface area contributed by atoms with Gasteiger partial charge in [-0.05, 0) is 24.3 Å². The summed E-state index contributed by atoms with van der Waals surface area (Å²) in [5, 5.41) is 0.452. The van der Waals surface area contributed by atoms with Crippen molar-refractivity contribution >= 4 is 27.5 Å². The lowest BCUT2D eigenvalue weighted by Gasteiger charge is -2.11. The van der Waals surface area contributed by atoms with Gasteiger partial charge >= 0.3 is 0 Å². The molecule has 0 heterocycles. The third kappa shape index (κ3) is 3.99. The van der Waals surface area contributed by atoms with Gasteiger partial charge in [0, 0.05) is 19.1 Å². The first-order chi connectivity index (χ1) is 7.83. The Hall–Kier alpha value is -1.11. The molecule has 0 saturated carbocycles. The van der Waals surface area contributed by atoms with Gasteiger partial charge in [0.25, 0.3) is 0 Å². The maximum atomic E-state index is 11.7. The van der Waals surface area contributed by atoms with Crippen molar-refractivity contribution in [2.24, 2.45) is 0 Å². The Morgan fingerprint density at radius 2 is 1.82 bits per heavy atom. The van der Waals surface area contributed by atoms with E-state index < -0.39 is 10.0 Å². The van der Waals surface area contributed by atoms with Crippen molar-refractivity contribution in [1.29, 1.82) is 0 Å². The second-order valence-corrected chi connectivity index (χ2v) is 5.77. The lowest BCUT2D eigenvalue weighted by molar-refractivity contribution is -0.127. The number of carbonyl (C=O) groups excluding carboxylic acids is 1. The van der Waals surface area contributed by atoms with E-state index in [0.717, 1.165) is 0 Å². The number of amides is 1. The van der Waals surface area contributed by atoms with Crippen LogP contribution in [0.4, 0.5) is 0 Å². The molecule has 0 saturated heterocycles. The van der Waals surface area contributed by atoms with Crippen molar-refractivity contribution in [3.05, 3.63) is 29.3 Å². The van der Waals surface area contributed by atoms with Crippen molar-refractivity contribution in [2.45, 2.75) is 4.90 Å². The Morgan fingerprint density at radius 1 is 1.29 bits per heavy atom. The minimum absolute atomic E-state index is 0.0773. The van der Waals surface area contributed by atoms with Gasteiger partial charge in [0.15, 0.2) is 0 Å². The molecule has 0 aromatic heterocycles. The number of halogens is 1. The van der Waals surface area contributed by atoms with Crippen molar-refractivity contribution in [3.63, 3.8) is 0 Å². The van der Waals surface area contributed by atoms with E-state index in [2.05, 4.69) is 4.72 Å². The summed E-state index contributed by atoms with van der Waals surface area (Å²) >= 11 is 5.65. The summed E-state index contributed by atoms with van der Waals surface area (Å²) < 4.78 is 25.7. The molecular formula is C10H13ClN2O3S. The first kappa shape index (κ1) is 14.0. The van der Waals surface area contributed by atoms with Gasteiger partial charge in [-0.2, -0.15) is 0 Å². The van der Waals surface area contributed by atoms with Crippen LogP contribution in [0.15, 0.2) is 29.2 Å². The average molecular weight is 277 g/mol. The fourth-order valence-corrected chi connectivity index (χ4v) is 2.11. The molecule has 5 nitrogen and oxygen atoms in total. The van der Waals surface area contributed by atoms with Crippen LogP contribution >= 0.6 is 11.6 Å². The number of carbonyl (C=O) groups is 1. The van der Waals surface area contributed by atoms with E-state index in [-0.39, 0.29) is 17.3 Å². The topological polar surface area (TPSA) is 66.5 Å². The Balaban J connectivity index is 2.76. The van der Waals surface area contributed by atoms with Crippen molar-refractivity contribution in [3.8, 4) is 0 Å². The van der Waals surface area contributed by atoms with E-state index >= 15 is 0 Å². The summed E-state index contributed by atoms with van der Waals surface area (Å²) in [6.07, 6.45) is 0. The first-order valence-electron chi connectivity index (χ1n) is 4.78. The minimum Gasteiger partial charge on any atom is -0.348 e. The highest BCUT2D eigenvalue weighted by molar-refractivity contribution is 7.89. The molecule has 7 heteroatoms. The Kier molecular flexibility index (Phi) is 4.50. The zero-order valence-electron chi connectivity index (χ0n) is 9.47. The number of hydrogen-bond donors (Lipinski definition) is 1. The van der Waals surface area contributed by atoms with E-state index in [0.29, 0.717) is 5.02 Å². The zero-order chi connectivity index (χ0) is 13.1. The maximum Gasteiger partial charge on any atom is 0.241 e. The molecular weight excluding hydrogens is 264 g/mol. The van der Waals surface area contributed by atoms with Crippen molar-refractivity contribution in [1.82, 2.24) is 9.62 Å². The molecule has 1 aromatic carbocycles. The lowest BCUT2D eigenvalue weighted by atomic mass is 10.4. The molecule has 0 unspecified atom stereocenters. The van der Waals surface area contributed by atoms with Crippen LogP contribution in [0.2, 0.25) is 5.02 Å². The number of benzene rings is 1. The van der Waals surface area contributed by atoms with E-state index in [4.69, 9.17) is 11.6 Å². The summed E-state index contributed by atoms with van der Waals surface area (Å²) in [5.74, 6) is -0.317. The number of hydrogen-bond acceptors (Lipinski definition) is 3. The third-order valence-corrected chi connectivity index (χ3v) is 3.71. The number of nitrogens with zero attached hydrogens (tertiary/aromatic N) is 1. The van der Waals surface area contributed by atoms with Gasteiger partial charge in [-0.15, -0.1) is 0 Å². The van der Waals surface area contributed by atoms with Crippen LogP contribution in [0.5, 0.6) is 0 Å². The summed E-state index contributed by atoms with van der Waals surface area (Å²) in [4.78, 5) is 12.6. The van der Waals surface area contributed by atoms with Crippen LogP contribution < -0.4 is 4.72 Å². The van der Waals surface area contributed by atoms with E-state index in [1.165, 1.54) is 29.2 Å². The van der Waals surface area contributed by atoms with Crippen LogP contribution in [0.25, 0.3) is 0 Å². The Labute approximate surface area is 105 Å². The fourth-order valence-electron chi connectivity index (χ4n) is 1.01. The molecule has 17 heavy (non-hydrogen) atoms. The first-order valence-corrected chi connectivity index (χ1v) is 6.64. The predicted molar refractivity (Wildman–Crippen MR) is 65.3 cm³/mol. The number of rotatable bonds is 4. The van der Waals surface area contributed by atoms with Crippen molar-refractivity contribution < 1.29 is 13.2 Å². The van der Waals surface area contributed by atoms with Gasteiger partial charge in [0.05, 0.1) is 11.4 Å². The standard InChI is InChI=1S/C10H13ClN2O3S/c1-13(2)10(14)7-12-17(15,16)9-5-3-8(11)4-6-9/h3-6,12H,7H2,1-2H3. The normalized spacial score (nSPS) is 11.2. The second kappa shape index (κ2) is 5.48. The highest BCUT2D eigenvalue weighted by Gasteiger charge is 2.15. The fraction of sp³-hybridized carbons (Fsp3) is 0.300. The molecule has 1 amide bonds. The SMILES string of the molecule is CN(C)C(=O)CNS(=O)(=O)c1ccc(Cl)cc1. The summed E-state index contributed by atoms with van der Waals surface area (Å²) in [5.41, 5.74) is 0. The third-order valence-electron chi connectivity index (χ3n) is 2.04. The quantitative estimate of drug-likeness (QED) is 0.881. The molecule has 0 radical (unpaired) electrons. The molecule has 0 atom stereocenters. The van der Waals surface area contributed by atoms with Crippen molar-refractivity contribution in [2.75, 3.05) is 20.6 Å². The van der Waals surface area contributed by atoms with E-state index in [1.807, 2.05) is 0 Å². The Bertz CT molecular complexity index is 497. The van der Waals surface area contributed by atoms with Gasteiger partial charge in [0.1, 0.15) is 0 Å². The molecule has 1 rings (SSSR count). The number of nitrogens with one attached hydrogen (secondary N) is 1. The lowest BCUT2D eigenvalue weighted by Crippen LogP contribution is -2.36. The average Bonchev–Trinajstić information content (AvgIpc) is 2.26. The van der Waals surface area contributed by atoms with Crippen LogP contribution in [-0.2, 0) is 14.8 Å². The van der Waals surface area contributed by atoms with Gasteiger partial charge in [-0.1, -0.05) is 11.6 Å². The number of likely N-dealkylation sites (N-methyl/N-ethyl adjacent to an activating group) is 1. The maximum absolute atomic E-state index is 11.7. The molecule has 1 aromatic rings. The highest BCUT2D eigenvalue weighted by Crippen LogP contribution is 2.13. The zero-order valence-corrected chi connectivity index (χ0v) is 11.0. The van der Waals surface area contributed by atoms with E-state index in [1.54, 1.807) is 14.1 Å². The molecule has 0 spiro atoms. The molecule has 1 N–H and O–H groups in total. The van der Waals surface area contributed by atoms with Gasteiger partial charge in [-0.25, -0.2) is 13.1 Å². The Morgan fingerprint density at radius 3 is 2.29 bits per heavy atom. The van der Waals surface area contributed by atoms with Gasteiger partial charge < -0.3 is 4.90 Å². The molecule has 0 aliphatic rings. The summed E-state index contributed by atoms with van der Waals surface area (Å²) in [7, 11) is -0.553. The van der Waals surface area contributed by atoms with Crippen LogP contribution in [0.1, 0.15) is 0 Å². The number of sulfonamides is 1. The van der Waals surface area contributed by atoms with Crippen LogP contribution in [0.3, 0.4) is 0 Å². The molecule has 0 bridgehead atoms. The van der Waals surface area contributed by atoms with Crippen LogP contribution in [-0.4, -0.2) is 39.9 Å². The summed E-state index contributed by atoms with van der Waals surface area (Å²) in [6.45, 7) is -0.266. The summed E-state index contributed by atoms with van der Waals surface area (Å²) in [6, 6.07) is 5.71. The highest BCUT2D eigenvalue weighted by atomic mass is 35.5. The molecule has 94 valence electrons. The molecule has 0 fully saturated rings. The monoisotopic (exact) mass is 276 g/mol. The minimum atomic E-state index is -3.66. The van der Waals surface area contributed by atoms with E-state index in [9.17, 15) is 13.2 Å². The molecule has 0 aliphatic heterocycles. The van der Waals surface area contributed by atoms with Gasteiger partial charge in [-0.3, -0.25) is 4.79 Å². The molecule has 0 aliphatic carbocycles.